The van der Waals surface area contributed by atoms with Crippen LogP contribution in [-0.2, 0) is 9.53 Å². The highest BCUT2D eigenvalue weighted by Gasteiger charge is 2.31. The van der Waals surface area contributed by atoms with Gasteiger partial charge in [-0.2, -0.15) is 0 Å². The maximum absolute atomic E-state index is 12.3. The number of benzene rings is 1. The quantitative estimate of drug-likeness (QED) is 0.810. The minimum atomic E-state index is -0.690. The molecular weight excluding hydrogens is 388 g/mol. The lowest BCUT2D eigenvalue weighted by Gasteiger charge is -2.26. The number of Topliss-reactive ketones (excluding diaryl/α,β-unsaturated/α-hetero) is 1. The smallest absolute Gasteiger partial charge is 0.200 e. The van der Waals surface area contributed by atoms with Crippen LogP contribution in [0.1, 0.15) is 18.1 Å². The summed E-state index contributed by atoms with van der Waals surface area (Å²) < 4.78 is 6.41. The van der Waals surface area contributed by atoms with Gasteiger partial charge in [0.15, 0.2) is 5.78 Å². The molecule has 0 aliphatic heterocycles. The third kappa shape index (κ3) is 2.75. The monoisotopic (exact) mass is 400 g/mol. The Labute approximate surface area is 134 Å². The number of halogens is 2. The maximum Gasteiger partial charge on any atom is 0.200 e. The van der Waals surface area contributed by atoms with E-state index in [1.807, 2.05) is 13.8 Å². The molecule has 1 aromatic carbocycles. The van der Waals surface area contributed by atoms with Crippen LogP contribution in [0, 0.1) is 6.92 Å². The molecule has 5 heteroatoms. The van der Waals surface area contributed by atoms with E-state index in [4.69, 9.17) is 4.74 Å². The molecule has 106 valence electrons. The third-order valence-electron chi connectivity index (χ3n) is 3.24. The Morgan fingerprint density at radius 2 is 1.90 bits per heavy atom. The molecule has 1 aromatic rings. The highest BCUT2D eigenvalue weighted by Crippen LogP contribution is 2.39. The van der Waals surface area contributed by atoms with Gasteiger partial charge in [-0.05, 0) is 75.6 Å². The van der Waals surface area contributed by atoms with E-state index in [2.05, 4.69) is 31.9 Å². The van der Waals surface area contributed by atoms with E-state index in [-0.39, 0.29) is 11.5 Å². The molecule has 0 saturated heterocycles. The average molecular weight is 402 g/mol. The number of hydrogen-bond donors (Lipinski definition) is 1. The van der Waals surface area contributed by atoms with Gasteiger partial charge >= 0.3 is 0 Å². The van der Waals surface area contributed by atoms with Gasteiger partial charge in [0.05, 0.1) is 8.96 Å². The van der Waals surface area contributed by atoms with Crippen molar-refractivity contribution in [1.29, 1.82) is 0 Å². The zero-order chi connectivity index (χ0) is 15.1. The first-order valence-electron chi connectivity index (χ1n) is 5.98. The van der Waals surface area contributed by atoms with Crippen molar-refractivity contribution in [2.24, 2.45) is 0 Å². The molecule has 0 fully saturated rings. The molecule has 0 spiro atoms. The molecule has 0 amide bonds. The first-order chi connectivity index (χ1) is 9.27. The number of methoxy groups -OCH3 is 1. The number of ether oxygens (including phenoxy) is 1. The second kappa shape index (κ2) is 5.47. The van der Waals surface area contributed by atoms with Crippen LogP contribution in [0.4, 0.5) is 0 Å². The van der Waals surface area contributed by atoms with Gasteiger partial charge in [-0.25, -0.2) is 0 Å². The van der Waals surface area contributed by atoms with Crippen LogP contribution < -0.4 is 0 Å². The summed E-state index contributed by atoms with van der Waals surface area (Å²) in [5.74, 6) is -0.122. The predicted octanol–water partition coefficient (Wildman–Crippen LogP) is 4.11. The number of phenols is 1. The Hall–Kier alpha value is -0.910. The summed E-state index contributed by atoms with van der Waals surface area (Å²) in [6.07, 6.45) is 3.43. The minimum absolute atomic E-state index is 0.0517. The Morgan fingerprint density at radius 1 is 1.25 bits per heavy atom. The first-order valence-corrected chi connectivity index (χ1v) is 7.56. The number of carbonyl (C=O) groups is 1. The zero-order valence-electron chi connectivity index (χ0n) is 11.3. The summed E-state index contributed by atoms with van der Waals surface area (Å²) in [7, 11) is 1.58. The molecule has 0 radical (unpaired) electrons. The minimum Gasteiger partial charge on any atom is -0.506 e. The van der Waals surface area contributed by atoms with Crippen molar-refractivity contribution in [2.45, 2.75) is 19.4 Å². The van der Waals surface area contributed by atoms with Crippen LogP contribution in [-0.4, -0.2) is 23.6 Å². The summed E-state index contributed by atoms with van der Waals surface area (Å²) in [5, 5.41) is 10.2. The van der Waals surface area contributed by atoms with Crippen LogP contribution in [0.5, 0.6) is 5.75 Å². The highest BCUT2D eigenvalue weighted by atomic mass is 79.9. The van der Waals surface area contributed by atoms with E-state index in [1.54, 1.807) is 31.4 Å². The van der Waals surface area contributed by atoms with Crippen molar-refractivity contribution < 1.29 is 14.6 Å². The number of aromatic hydroxyl groups is 1. The number of hydrogen-bond acceptors (Lipinski definition) is 3. The van der Waals surface area contributed by atoms with Crippen molar-refractivity contribution >= 4 is 43.2 Å². The molecule has 0 saturated carbocycles. The lowest BCUT2D eigenvalue weighted by molar-refractivity contribution is -0.110. The first kappa shape index (κ1) is 15.5. The lowest BCUT2D eigenvalue weighted by atomic mass is 9.88. The summed E-state index contributed by atoms with van der Waals surface area (Å²) in [5.41, 5.74) is 1.18. The Morgan fingerprint density at radius 3 is 2.50 bits per heavy atom. The van der Waals surface area contributed by atoms with Gasteiger partial charge in [0, 0.05) is 18.2 Å². The second-order valence-electron chi connectivity index (χ2n) is 4.91. The van der Waals surface area contributed by atoms with E-state index in [0.717, 1.165) is 5.56 Å². The molecule has 3 nitrogen and oxygen atoms in total. The van der Waals surface area contributed by atoms with Gasteiger partial charge in [-0.1, -0.05) is 0 Å². The van der Waals surface area contributed by atoms with Crippen molar-refractivity contribution in [1.82, 2.24) is 0 Å². The topological polar surface area (TPSA) is 46.5 Å². The van der Waals surface area contributed by atoms with Crippen molar-refractivity contribution in [3.63, 3.8) is 0 Å². The van der Waals surface area contributed by atoms with Gasteiger partial charge in [0.1, 0.15) is 11.4 Å². The summed E-state index contributed by atoms with van der Waals surface area (Å²) >= 11 is 6.56. The van der Waals surface area contributed by atoms with Crippen LogP contribution in [0.15, 0.2) is 33.2 Å². The Kier molecular flexibility index (Phi) is 4.23. The standard InChI is InChI=1S/C15H14Br2O3/c1-8-4-9(13(18)11(16)5-8)10-6-15(2,20-3)7-12(17)14(10)19/h4-7,18H,1-3H3. The fourth-order valence-electron chi connectivity index (χ4n) is 2.10. The predicted molar refractivity (Wildman–Crippen MR) is 86.0 cm³/mol. The normalized spacial score (nSPS) is 22.6. The molecule has 1 aliphatic rings. The molecule has 0 bridgehead atoms. The number of rotatable bonds is 2. The largest absolute Gasteiger partial charge is 0.506 e. The molecule has 1 aliphatic carbocycles. The zero-order valence-corrected chi connectivity index (χ0v) is 14.5. The number of aryl methyl sites for hydroxylation is 1. The maximum atomic E-state index is 12.3. The fourth-order valence-corrected chi connectivity index (χ4v) is 3.34. The Bertz CT molecular complexity index is 647. The Balaban J connectivity index is 2.65. The van der Waals surface area contributed by atoms with Gasteiger partial charge < -0.3 is 9.84 Å². The van der Waals surface area contributed by atoms with Gasteiger partial charge in [0.25, 0.3) is 0 Å². The van der Waals surface area contributed by atoms with Crippen molar-refractivity contribution in [3.8, 4) is 5.75 Å². The van der Waals surface area contributed by atoms with E-state index in [1.165, 1.54) is 0 Å². The second-order valence-corrected chi connectivity index (χ2v) is 6.62. The number of phenolic OH excluding ortho intramolecular Hbond substituents is 1. The van der Waals surface area contributed by atoms with E-state index >= 15 is 0 Å². The third-order valence-corrected chi connectivity index (χ3v) is 4.44. The SMILES string of the molecule is COC1(C)C=C(Br)C(=O)C(c2cc(C)cc(Br)c2O)=C1. The highest BCUT2D eigenvalue weighted by molar-refractivity contribution is 9.12. The summed E-state index contributed by atoms with van der Waals surface area (Å²) in [4.78, 5) is 12.3. The van der Waals surface area contributed by atoms with Crippen LogP contribution in [0.3, 0.4) is 0 Å². The van der Waals surface area contributed by atoms with Crippen LogP contribution in [0.25, 0.3) is 5.57 Å². The molecular formula is C15H14Br2O3. The number of carbonyl (C=O) groups excluding carboxylic acids is 1. The van der Waals surface area contributed by atoms with Gasteiger partial charge in [0.2, 0.25) is 0 Å². The fraction of sp³-hybridized carbons (Fsp3) is 0.267. The number of allylic oxidation sites excluding steroid dienone is 2. The van der Waals surface area contributed by atoms with Crippen LogP contribution in [0.2, 0.25) is 0 Å². The molecule has 1 N–H and O–H groups in total. The van der Waals surface area contributed by atoms with E-state index in [9.17, 15) is 9.90 Å². The van der Waals surface area contributed by atoms with Crippen molar-refractivity contribution in [3.05, 3.63) is 44.4 Å². The van der Waals surface area contributed by atoms with Crippen LogP contribution >= 0.6 is 31.9 Å². The summed E-state index contributed by atoms with van der Waals surface area (Å²) in [6.45, 7) is 3.75. The van der Waals surface area contributed by atoms with Crippen molar-refractivity contribution in [2.75, 3.05) is 7.11 Å². The molecule has 0 heterocycles. The molecule has 20 heavy (non-hydrogen) atoms. The molecule has 1 unspecified atom stereocenters. The molecule has 0 aromatic heterocycles. The average Bonchev–Trinajstić information content (AvgIpc) is 2.38. The number of ketones is 1. The summed E-state index contributed by atoms with van der Waals surface area (Å²) in [6, 6.07) is 3.58. The van der Waals surface area contributed by atoms with E-state index in [0.29, 0.717) is 20.1 Å². The van der Waals surface area contributed by atoms with Gasteiger partial charge in [-0.15, -0.1) is 0 Å². The lowest BCUT2D eigenvalue weighted by Crippen LogP contribution is -2.27. The van der Waals surface area contributed by atoms with Gasteiger partial charge in [-0.3, -0.25) is 4.79 Å². The van der Waals surface area contributed by atoms with E-state index < -0.39 is 5.60 Å². The molecule has 1 atom stereocenters. The molecule has 2 rings (SSSR count).